The van der Waals surface area contributed by atoms with Crippen LogP contribution in [0.25, 0.3) is 0 Å². The van der Waals surface area contributed by atoms with Gasteiger partial charge in [-0.2, -0.15) is 13.2 Å². The Balaban J connectivity index is 0.000000218. The molecule has 0 radical (unpaired) electrons. The Morgan fingerprint density at radius 3 is 2.52 bits per heavy atom. The highest BCUT2D eigenvalue weighted by molar-refractivity contribution is 6.08. The Morgan fingerprint density at radius 2 is 1.93 bits per heavy atom. The minimum atomic E-state index is -4.46. The minimum absolute atomic E-state index is 0.155. The van der Waals surface area contributed by atoms with Gasteiger partial charge in [0.1, 0.15) is 17.3 Å². The number of Topliss-reactive ketones (excluding diaryl/α,β-unsaturated/α-hetero) is 2. The number of alkyl halides is 3. The van der Waals surface area contributed by atoms with Crippen LogP contribution in [0.2, 0.25) is 0 Å². The predicted octanol–water partition coefficient (Wildman–Crippen LogP) is 5.23. The molecule has 1 aromatic heterocycles. The van der Waals surface area contributed by atoms with Crippen molar-refractivity contribution < 1.29 is 27.6 Å². The summed E-state index contributed by atoms with van der Waals surface area (Å²) in [7, 11) is 0. The van der Waals surface area contributed by atoms with Crippen LogP contribution < -0.4 is 0 Å². The molecule has 3 unspecified atom stereocenters. The van der Waals surface area contributed by atoms with Gasteiger partial charge in [0.25, 0.3) is 0 Å². The zero-order valence-corrected chi connectivity index (χ0v) is 17.1. The lowest BCUT2D eigenvalue weighted by molar-refractivity contribution is -0.143. The maximum absolute atomic E-state index is 12.4. The molecule has 2 aliphatic rings. The highest BCUT2D eigenvalue weighted by Gasteiger charge is 2.52. The Labute approximate surface area is 169 Å². The molecular weight excluding hydrogens is 383 g/mol. The molecule has 1 aromatic rings. The van der Waals surface area contributed by atoms with E-state index < -0.39 is 11.9 Å². The van der Waals surface area contributed by atoms with E-state index in [1.165, 1.54) is 6.07 Å². The fourth-order valence-electron chi connectivity index (χ4n) is 4.23. The molecule has 0 spiro atoms. The van der Waals surface area contributed by atoms with Gasteiger partial charge in [0.2, 0.25) is 0 Å². The number of hydrogen-bond acceptors (Lipinski definition) is 4. The van der Waals surface area contributed by atoms with E-state index in [1.54, 1.807) is 6.92 Å². The molecule has 2 bridgehead atoms. The third-order valence-corrected chi connectivity index (χ3v) is 6.00. The first-order valence-corrected chi connectivity index (χ1v) is 10.1. The second-order valence-electron chi connectivity index (χ2n) is 8.29. The molecule has 0 amide bonds. The van der Waals surface area contributed by atoms with Crippen molar-refractivity contribution in [3.8, 4) is 0 Å². The van der Waals surface area contributed by atoms with Gasteiger partial charge >= 0.3 is 6.18 Å². The van der Waals surface area contributed by atoms with Gasteiger partial charge in [0.15, 0.2) is 6.29 Å². The molecule has 7 heteroatoms. The molecule has 160 valence electrons. The second kappa shape index (κ2) is 9.18. The van der Waals surface area contributed by atoms with E-state index in [2.05, 4.69) is 4.98 Å². The van der Waals surface area contributed by atoms with E-state index >= 15 is 0 Å². The summed E-state index contributed by atoms with van der Waals surface area (Å²) >= 11 is 0. The van der Waals surface area contributed by atoms with Crippen LogP contribution >= 0.6 is 0 Å². The summed E-state index contributed by atoms with van der Waals surface area (Å²) in [4.78, 5) is 37.4. The summed E-state index contributed by atoms with van der Waals surface area (Å²) < 4.78 is 37.3. The fourth-order valence-corrected chi connectivity index (χ4v) is 4.23. The number of carbonyl (C=O) groups excluding carboxylic acids is 3. The SMILES string of the molecule is CC1C(=O)C2CCC(C)(C2)C1=O.CCCCCc1nc(C(F)(F)F)ccc1C=O. The molecule has 29 heavy (non-hydrogen) atoms. The zero-order valence-electron chi connectivity index (χ0n) is 17.1. The summed E-state index contributed by atoms with van der Waals surface area (Å²) in [5.41, 5.74) is -0.607. The van der Waals surface area contributed by atoms with Crippen molar-refractivity contribution in [2.75, 3.05) is 0 Å². The lowest BCUT2D eigenvalue weighted by Crippen LogP contribution is -2.40. The van der Waals surface area contributed by atoms with E-state index in [-0.39, 0.29) is 40.1 Å². The number of rotatable bonds is 5. The highest BCUT2D eigenvalue weighted by atomic mass is 19.4. The van der Waals surface area contributed by atoms with E-state index in [9.17, 15) is 27.6 Å². The van der Waals surface area contributed by atoms with Crippen molar-refractivity contribution in [3.63, 3.8) is 0 Å². The summed E-state index contributed by atoms with van der Waals surface area (Å²) in [5, 5.41) is 0. The first-order chi connectivity index (χ1) is 13.5. The zero-order chi connectivity index (χ0) is 21.8. The van der Waals surface area contributed by atoms with Crippen LogP contribution in [-0.2, 0) is 22.2 Å². The molecule has 3 atom stereocenters. The topological polar surface area (TPSA) is 64.1 Å². The number of aryl methyl sites for hydroxylation is 1. The van der Waals surface area contributed by atoms with Crippen molar-refractivity contribution >= 4 is 17.9 Å². The molecular formula is C22H28F3NO3. The summed E-state index contributed by atoms with van der Waals surface area (Å²) in [5.74, 6) is 0.246. The van der Waals surface area contributed by atoms with E-state index in [0.29, 0.717) is 12.7 Å². The summed E-state index contributed by atoms with van der Waals surface area (Å²) in [6.07, 6.45) is 1.80. The van der Waals surface area contributed by atoms with Crippen molar-refractivity contribution in [1.82, 2.24) is 4.98 Å². The van der Waals surface area contributed by atoms with Gasteiger partial charge in [0.05, 0.1) is 11.6 Å². The van der Waals surface area contributed by atoms with Gasteiger partial charge in [0, 0.05) is 16.9 Å². The Hall–Kier alpha value is -2.05. The van der Waals surface area contributed by atoms with Crippen LogP contribution in [-0.4, -0.2) is 22.8 Å². The first-order valence-electron chi connectivity index (χ1n) is 10.1. The average Bonchev–Trinajstić information content (AvgIpc) is 3.06. The molecule has 2 fully saturated rings. The maximum Gasteiger partial charge on any atom is 0.433 e. The molecule has 0 aliphatic heterocycles. The number of unbranched alkanes of at least 4 members (excludes halogenated alkanes) is 2. The second-order valence-corrected chi connectivity index (χ2v) is 8.29. The lowest BCUT2D eigenvalue weighted by Gasteiger charge is -2.30. The number of aromatic nitrogens is 1. The van der Waals surface area contributed by atoms with Gasteiger partial charge in [-0.05, 0) is 51.2 Å². The van der Waals surface area contributed by atoms with E-state index in [0.717, 1.165) is 44.6 Å². The standard InChI is InChI=1S/C12H14F3NO.C10H14O2/c1-2-3-4-5-10-9(8-17)6-7-11(16-10)12(13,14)15;1-6-8(11)7-3-4-10(2,5-7)9(6)12/h6-8H,2-5H2,1H3;6-7H,3-5H2,1-2H3. The van der Waals surface area contributed by atoms with Crippen molar-refractivity contribution in [3.05, 3.63) is 29.1 Å². The van der Waals surface area contributed by atoms with Crippen molar-refractivity contribution in [2.24, 2.45) is 17.3 Å². The number of nitrogens with zero attached hydrogens (tertiary/aromatic N) is 1. The molecule has 3 rings (SSSR count). The van der Waals surface area contributed by atoms with Gasteiger partial charge in [-0.25, -0.2) is 4.98 Å². The van der Waals surface area contributed by atoms with Gasteiger partial charge in [-0.1, -0.05) is 26.7 Å². The van der Waals surface area contributed by atoms with Crippen molar-refractivity contribution in [1.29, 1.82) is 0 Å². The van der Waals surface area contributed by atoms with Crippen LogP contribution in [0.4, 0.5) is 13.2 Å². The molecule has 2 saturated carbocycles. The van der Waals surface area contributed by atoms with Crippen LogP contribution in [0, 0.1) is 17.3 Å². The van der Waals surface area contributed by atoms with E-state index in [1.807, 2.05) is 13.8 Å². The number of fused-ring (bicyclic) bond motifs is 2. The van der Waals surface area contributed by atoms with Crippen LogP contribution in [0.3, 0.4) is 0 Å². The number of hydrogen-bond donors (Lipinski definition) is 0. The Morgan fingerprint density at radius 1 is 1.24 bits per heavy atom. The van der Waals surface area contributed by atoms with Crippen LogP contribution in [0.15, 0.2) is 12.1 Å². The number of ketones is 2. The number of carbonyl (C=O) groups is 3. The number of pyridine rings is 1. The smallest absolute Gasteiger partial charge is 0.299 e. The molecule has 4 nitrogen and oxygen atoms in total. The monoisotopic (exact) mass is 411 g/mol. The van der Waals surface area contributed by atoms with Crippen LogP contribution in [0.5, 0.6) is 0 Å². The number of halogens is 3. The Bertz CT molecular complexity index is 775. The maximum atomic E-state index is 12.4. The van der Waals surface area contributed by atoms with E-state index in [4.69, 9.17) is 0 Å². The molecule has 0 N–H and O–H groups in total. The predicted molar refractivity (Wildman–Crippen MR) is 102 cm³/mol. The minimum Gasteiger partial charge on any atom is -0.299 e. The normalized spacial score (nSPS) is 26.1. The van der Waals surface area contributed by atoms with Gasteiger partial charge < -0.3 is 0 Å². The third kappa shape index (κ3) is 5.31. The van der Waals surface area contributed by atoms with Crippen molar-refractivity contribution in [2.45, 2.75) is 71.9 Å². The lowest BCUT2D eigenvalue weighted by atomic mass is 9.71. The highest BCUT2D eigenvalue weighted by Crippen LogP contribution is 2.49. The third-order valence-electron chi connectivity index (χ3n) is 6.00. The van der Waals surface area contributed by atoms with Gasteiger partial charge in [-0.3, -0.25) is 14.4 Å². The van der Waals surface area contributed by atoms with Crippen LogP contribution in [0.1, 0.15) is 81.0 Å². The fraction of sp³-hybridized carbons (Fsp3) is 0.636. The Kier molecular flexibility index (Phi) is 7.35. The molecule has 0 aromatic carbocycles. The molecule has 0 saturated heterocycles. The molecule has 1 heterocycles. The number of aldehydes is 1. The first kappa shape index (κ1) is 23.2. The summed E-state index contributed by atoms with van der Waals surface area (Å²) in [6.45, 7) is 5.78. The molecule has 2 aliphatic carbocycles. The average molecular weight is 411 g/mol. The van der Waals surface area contributed by atoms with Gasteiger partial charge in [-0.15, -0.1) is 0 Å². The largest absolute Gasteiger partial charge is 0.433 e. The quantitative estimate of drug-likeness (QED) is 0.378. The summed E-state index contributed by atoms with van der Waals surface area (Å²) in [6, 6.07) is 2.02.